The van der Waals surface area contributed by atoms with Crippen molar-refractivity contribution in [1.29, 1.82) is 0 Å². The normalized spacial score (nSPS) is 10.1. The van der Waals surface area contributed by atoms with E-state index in [1.165, 1.54) is 5.48 Å². The fourth-order valence-corrected chi connectivity index (χ4v) is 2.33. The average Bonchev–Trinajstić information content (AvgIpc) is 2.52. The summed E-state index contributed by atoms with van der Waals surface area (Å²) in [5.74, 6) is 0.0638. The molecule has 0 spiro atoms. The number of nitrogens with two attached hydrogens (primary N) is 2. The third-order valence-corrected chi connectivity index (χ3v) is 3.48. The van der Waals surface area contributed by atoms with E-state index in [1.807, 2.05) is 49.4 Å². The molecule has 0 aliphatic heterocycles. The number of quaternary nitrogens is 1. The second-order valence-electron chi connectivity index (χ2n) is 4.65. The molecular formula is C16H17BrN2O3. The molecule has 0 unspecified atom stereocenters. The Morgan fingerprint density at radius 2 is 2.00 bits per heavy atom. The topological polar surface area (TPSA) is 78.2 Å². The number of carbonyl (C=O) groups excluding carboxylic acids is 1. The second kappa shape index (κ2) is 7.84. The fraction of sp³-hybridized carbons (Fsp3) is 0.125. The largest absolute Gasteiger partial charge is 0.480 e. The monoisotopic (exact) mass is 364 g/mol. The van der Waals surface area contributed by atoms with Gasteiger partial charge in [0.2, 0.25) is 0 Å². The minimum atomic E-state index is -0.522. The molecule has 4 N–H and O–H groups in total. The van der Waals surface area contributed by atoms with Gasteiger partial charge in [0.25, 0.3) is 0 Å². The molecule has 0 saturated carbocycles. The maximum absolute atomic E-state index is 11.7. The molecule has 0 amide bonds. The van der Waals surface area contributed by atoms with Crippen LogP contribution in [0.3, 0.4) is 0 Å². The molecule has 0 fully saturated rings. The van der Waals surface area contributed by atoms with E-state index in [4.69, 9.17) is 15.3 Å². The lowest BCUT2D eigenvalue weighted by atomic mass is 10.2. The summed E-state index contributed by atoms with van der Waals surface area (Å²) in [6.07, 6.45) is 0.380. The van der Waals surface area contributed by atoms with Crippen LogP contribution in [0, 0.1) is 13.1 Å². The Morgan fingerprint density at radius 3 is 2.68 bits per heavy atom. The highest BCUT2D eigenvalue weighted by Crippen LogP contribution is 2.25. The van der Waals surface area contributed by atoms with Crippen molar-refractivity contribution in [2.24, 2.45) is 5.73 Å². The zero-order valence-electron chi connectivity index (χ0n) is 12.1. The lowest BCUT2D eigenvalue weighted by Gasteiger charge is -2.15. The quantitative estimate of drug-likeness (QED) is 0.603. The van der Waals surface area contributed by atoms with Crippen LogP contribution in [0.25, 0.3) is 0 Å². The number of aryl methyl sites for hydroxylation is 1. The van der Waals surface area contributed by atoms with Gasteiger partial charge in [-0.1, -0.05) is 12.1 Å². The number of carbonyl (C=O) groups is 1. The predicted octanol–water partition coefficient (Wildman–Crippen LogP) is 1.65. The third-order valence-electron chi connectivity index (χ3n) is 2.86. The summed E-state index contributed by atoms with van der Waals surface area (Å²) < 4.78 is 6.19. The van der Waals surface area contributed by atoms with Gasteiger partial charge < -0.3 is 10.5 Å². The van der Waals surface area contributed by atoms with Gasteiger partial charge in [0.15, 0.2) is 6.61 Å². The molecule has 2 aromatic carbocycles. The van der Waals surface area contributed by atoms with E-state index in [2.05, 4.69) is 15.9 Å². The summed E-state index contributed by atoms with van der Waals surface area (Å²) in [4.78, 5) is 16.6. The van der Waals surface area contributed by atoms with Crippen molar-refractivity contribution in [2.45, 2.75) is 6.92 Å². The maximum atomic E-state index is 11.7. The lowest BCUT2D eigenvalue weighted by Crippen LogP contribution is -2.88. The highest BCUT2D eigenvalue weighted by molar-refractivity contribution is 9.10. The van der Waals surface area contributed by atoms with Crippen molar-refractivity contribution in [3.63, 3.8) is 0 Å². The van der Waals surface area contributed by atoms with Gasteiger partial charge in [-0.2, -0.15) is 17.6 Å². The zero-order valence-corrected chi connectivity index (χ0v) is 13.7. The Balaban J connectivity index is 1.78. The van der Waals surface area contributed by atoms with E-state index < -0.39 is 5.97 Å². The molecule has 0 bridgehead atoms. The zero-order chi connectivity index (χ0) is 15.9. The summed E-state index contributed by atoms with van der Waals surface area (Å²) in [5, 5.41) is 0. The van der Waals surface area contributed by atoms with Gasteiger partial charge in [0, 0.05) is 0 Å². The van der Waals surface area contributed by atoms with Crippen molar-refractivity contribution in [3.8, 4) is 5.75 Å². The summed E-state index contributed by atoms with van der Waals surface area (Å²) >= 11 is 3.38. The molecular weight excluding hydrogens is 348 g/mol. The third kappa shape index (κ3) is 4.77. The van der Waals surface area contributed by atoms with Gasteiger partial charge in [-0.25, -0.2) is 4.79 Å². The number of ether oxygens (including phenoxy) is 1. The number of hydrogen-bond donors (Lipinski definition) is 2. The number of rotatable bonds is 6. The van der Waals surface area contributed by atoms with Crippen molar-refractivity contribution in [3.05, 3.63) is 70.3 Å². The molecule has 0 saturated heterocycles. The first-order chi connectivity index (χ1) is 10.6. The van der Waals surface area contributed by atoms with E-state index in [-0.39, 0.29) is 6.61 Å². The number of halogens is 1. The minimum Gasteiger partial charge on any atom is -0.480 e. The summed E-state index contributed by atoms with van der Waals surface area (Å²) in [7, 11) is 0. The van der Waals surface area contributed by atoms with E-state index >= 15 is 0 Å². The lowest BCUT2D eigenvalue weighted by molar-refractivity contribution is -0.857. The Hall–Kier alpha value is -2.02. The molecule has 6 heteroatoms. The first-order valence-electron chi connectivity index (χ1n) is 6.66. The molecule has 0 aliphatic carbocycles. The van der Waals surface area contributed by atoms with Crippen molar-refractivity contribution in [2.75, 3.05) is 6.61 Å². The Kier molecular flexibility index (Phi) is 5.83. The highest BCUT2D eigenvalue weighted by atomic mass is 79.9. The van der Waals surface area contributed by atoms with Gasteiger partial charge in [-0.3, -0.25) is 4.84 Å². The smallest absolute Gasteiger partial charge is 0.402 e. The van der Waals surface area contributed by atoms with Crippen LogP contribution >= 0.6 is 15.9 Å². The number of benzene rings is 2. The first kappa shape index (κ1) is 16.4. The van der Waals surface area contributed by atoms with E-state index in [1.54, 1.807) is 6.07 Å². The van der Waals surface area contributed by atoms with Gasteiger partial charge in [0.05, 0.1) is 4.47 Å². The van der Waals surface area contributed by atoms with Crippen LogP contribution in [0.4, 0.5) is 0 Å². The van der Waals surface area contributed by atoms with Crippen molar-refractivity contribution >= 4 is 21.9 Å². The Labute approximate surface area is 137 Å². The average molecular weight is 365 g/mol. The number of hydrogen-bond acceptors (Lipinski definition) is 4. The maximum Gasteiger partial charge on any atom is 0.402 e. The van der Waals surface area contributed by atoms with Crippen LogP contribution in [0.5, 0.6) is 5.75 Å². The molecule has 5 nitrogen and oxygen atoms in total. The number of hydroxylamine groups is 1. The molecule has 0 aromatic heterocycles. The van der Waals surface area contributed by atoms with Crippen LogP contribution in [-0.4, -0.2) is 12.6 Å². The van der Waals surface area contributed by atoms with Crippen LogP contribution < -0.4 is 16.0 Å². The van der Waals surface area contributed by atoms with Gasteiger partial charge in [0.1, 0.15) is 11.9 Å². The fourth-order valence-electron chi connectivity index (χ4n) is 1.72. The Bertz CT molecular complexity index is 635. The van der Waals surface area contributed by atoms with Crippen LogP contribution in [-0.2, 0) is 9.63 Å². The van der Waals surface area contributed by atoms with Crippen molar-refractivity contribution < 1.29 is 19.8 Å². The van der Waals surface area contributed by atoms with Gasteiger partial charge >= 0.3 is 5.97 Å². The molecule has 116 valence electrons. The first-order valence-corrected chi connectivity index (χ1v) is 7.45. The summed E-state index contributed by atoms with van der Waals surface area (Å²) in [6.45, 7) is 1.78. The van der Waals surface area contributed by atoms with Crippen LogP contribution in [0.2, 0.25) is 0 Å². The minimum absolute atomic E-state index is 0.194. The standard InChI is InChI=1S/C16H17BrN2O3/c1-11-7-8-14(13(17)9-11)21-10-15(20)22-19-16(18)12-5-3-2-4-6-12/h2-9H,10,18-19H2,1H3. The predicted molar refractivity (Wildman–Crippen MR) is 85.4 cm³/mol. The van der Waals surface area contributed by atoms with Gasteiger partial charge in [-0.05, 0) is 40.5 Å². The van der Waals surface area contributed by atoms with E-state index in [0.717, 1.165) is 15.6 Å². The van der Waals surface area contributed by atoms with E-state index in [0.29, 0.717) is 11.9 Å². The molecule has 0 heterocycles. The SMILES string of the molecule is Cc1ccc(OCC(=O)O[NH2+][C-](N)c2ccccc2)c(Br)c1. The molecule has 0 aliphatic rings. The van der Waals surface area contributed by atoms with E-state index in [9.17, 15) is 4.79 Å². The second-order valence-corrected chi connectivity index (χ2v) is 5.51. The highest BCUT2D eigenvalue weighted by Gasteiger charge is 2.11. The Morgan fingerprint density at radius 1 is 1.27 bits per heavy atom. The molecule has 0 radical (unpaired) electrons. The van der Waals surface area contributed by atoms with Crippen molar-refractivity contribution in [1.82, 2.24) is 0 Å². The van der Waals surface area contributed by atoms with Crippen LogP contribution in [0.1, 0.15) is 11.1 Å². The molecule has 2 rings (SSSR count). The summed E-state index contributed by atoms with van der Waals surface area (Å²) in [5.41, 5.74) is 8.94. The van der Waals surface area contributed by atoms with Crippen LogP contribution in [0.15, 0.2) is 53.0 Å². The molecule has 22 heavy (non-hydrogen) atoms. The summed E-state index contributed by atoms with van der Waals surface area (Å²) in [6, 6.07) is 14.9. The molecule has 2 aromatic rings. The molecule has 0 atom stereocenters. The van der Waals surface area contributed by atoms with Gasteiger partial charge in [-0.15, -0.1) is 17.7 Å².